The van der Waals surface area contributed by atoms with Crippen LogP contribution in [0.5, 0.6) is 0 Å². The van der Waals surface area contributed by atoms with Gasteiger partial charge in [0.1, 0.15) is 18.0 Å². The van der Waals surface area contributed by atoms with Crippen LogP contribution in [0.25, 0.3) is 0 Å². The summed E-state index contributed by atoms with van der Waals surface area (Å²) in [5.41, 5.74) is 7.97. The third-order valence-electron chi connectivity index (χ3n) is 2.63. The maximum absolute atomic E-state index is 11.0. The highest BCUT2D eigenvalue weighted by Gasteiger charge is 2.08. The molecule has 0 fully saturated rings. The summed E-state index contributed by atoms with van der Waals surface area (Å²) in [6.45, 7) is 2.08. The van der Waals surface area contributed by atoms with Gasteiger partial charge in [0, 0.05) is 5.69 Å². The van der Waals surface area contributed by atoms with Gasteiger partial charge >= 0.3 is 0 Å². The SMILES string of the molecule is CCc1cccc(Nc2ncnc(N)c2C=O)c1. The van der Waals surface area contributed by atoms with Crippen LogP contribution in [0.2, 0.25) is 0 Å². The number of carbonyl (C=O) groups is 1. The summed E-state index contributed by atoms with van der Waals surface area (Å²) < 4.78 is 0. The van der Waals surface area contributed by atoms with Crippen LogP contribution >= 0.6 is 0 Å². The minimum Gasteiger partial charge on any atom is -0.383 e. The van der Waals surface area contributed by atoms with E-state index in [0.29, 0.717) is 12.1 Å². The van der Waals surface area contributed by atoms with Crippen LogP contribution < -0.4 is 11.1 Å². The molecule has 0 bridgehead atoms. The molecule has 0 saturated heterocycles. The third-order valence-corrected chi connectivity index (χ3v) is 2.63. The standard InChI is InChI=1S/C13H14N4O/c1-2-9-4-3-5-10(6-9)17-13-11(7-18)12(14)15-8-16-13/h3-8H,2H2,1H3,(H3,14,15,16,17). The molecule has 92 valence electrons. The number of aryl methyl sites for hydroxylation is 1. The fraction of sp³-hybridized carbons (Fsp3) is 0.154. The average molecular weight is 242 g/mol. The molecule has 2 rings (SSSR count). The first-order chi connectivity index (χ1) is 8.74. The van der Waals surface area contributed by atoms with Gasteiger partial charge in [0.2, 0.25) is 0 Å². The van der Waals surface area contributed by atoms with Crippen LogP contribution in [0.1, 0.15) is 22.8 Å². The number of carbonyl (C=O) groups excluding carboxylic acids is 1. The molecule has 5 heteroatoms. The van der Waals surface area contributed by atoms with Crippen LogP contribution in [-0.4, -0.2) is 16.3 Å². The van der Waals surface area contributed by atoms with E-state index in [0.717, 1.165) is 12.1 Å². The molecule has 18 heavy (non-hydrogen) atoms. The van der Waals surface area contributed by atoms with E-state index < -0.39 is 0 Å². The number of hydrogen-bond donors (Lipinski definition) is 2. The molecule has 0 saturated carbocycles. The van der Waals surface area contributed by atoms with Gasteiger partial charge in [-0.1, -0.05) is 19.1 Å². The third kappa shape index (κ3) is 2.45. The minimum atomic E-state index is 0.175. The van der Waals surface area contributed by atoms with E-state index in [1.165, 1.54) is 11.9 Å². The highest BCUT2D eigenvalue weighted by atomic mass is 16.1. The minimum absolute atomic E-state index is 0.175. The summed E-state index contributed by atoms with van der Waals surface area (Å²) in [5.74, 6) is 0.597. The fourth-order valence-corrected chi connectivity index (χ4v) is 1.63. The van der Waals surface area contributed by atoms with Crippen LogP contribution in [0, 0.1) is 0 Å². The van der Waals surface area contributed by atoms with Gasteiger partial charge in [0.05, 0.1) is 5.56 Å². The topological polar surface area (TPSA) is 80.9 Å². The number of benzene rings is 1. The van der Waals surface area contributed by atoms with Crippen molar-refractivity contribution in [2.24, 2.45) is 0 Å². The zero-order chi connectivity index (χ0) is 13.0. The number of nitrogen functional groups attached to an aromatic ring is 1. The fourth-order valence-electron chi connectivity index (χ4n) is 1.63. The lowest BCUT2D eigenvalue weighted by atomic mass is 10.1. The van der Waals surface area contributed by atoms with E-state index in [1.54, 1.807) is 0 Å². The molecule has 0 radical (unpaired) electrons. The average Bonchev–Trinajstić information content (AvgIpc) is 2.39. The predicted molar refractivity (Wildman–Crippen MR) is 70.9 cm³/mol. The van der Waals surface area contributed by atoms with Crippen molar-refractivity contribution in [3.8, 4) is 0 Å². The Kier molecular flexibility index (Phi) is 3.52. The first-order valence-corrected chi connectivity index (χ1v) is 5.66. The van der Waals surface area contributed by atoms with E-state index in [2.05, 4.69) is 22.2 Å². The second-order valence-electron chi connectivity index (χ2n) is 3.82. The molecule has 1 heterocycles. The molecule has 0 amide bonds. The lowest BCUT2D eigenvalue weighted by molar-refractivity contribution is 0.112. The second kappa shape index (κ2) is 5.27. The van der Waals surface area contributed by atoms with Crippen molar-refractivity contribution >= 4 is 23.6 Å². The molecule has 0 aliphatic carbocycles. The highest BCUT2D eigenvalue weighted by molar-refractivity contribution is 5.89. The zero-order valence-electron chi connectivity index (χ0n) is 10.1. The summed E-state index contributed by atoms with van der Waals surface area (Å²) >= 11 is 0. The predicted octanol–water partition coefficient (Wildman–Crippen LogP) is 2.18. The normalized spacial score (nSPS) is 10.1. The van der Waals surface area contributed by atoms with E-state index in [9.17, 15) is 4.79 Å². The Bertz CT molecular complexity index is 569. The molecule has 5 nitrogen and oxygen atoms in total. The Hall–Kier alpha value is -2.43. The summed E-state index contributed by atoms with van der Waals surface area (Å²) in [4.78, 5) is 18.8. The van der Waals surface area contributed by atoms with Crippen molar-refractivity contribution in [2.45, 2.75) is 13.3 Å². The lowest BCUT2D eigenvalue weighted by Crippen LogP contribution is -2.04. The first kappa shape index (κ1) is 12.0. The summed E-state index contributed by atoms with van der Waals surface area (Å²) in [6, 6.07) is 7.91. The second-order valence-corrected chi connectivity index (χ2v) is 3.82. The van der Waals surface area contributed by atoms with Gasteiger partial charge in [0.15, 0.2) is 6.29 Å². The molecule has 0 unspecified atom stereocenters. The lowest BCUT2D eigenvalue weighted by Gasteiger charge is -2.09. The first-order valence-electron chi connectivity index (χ1n) is 5.66. The van der Waals surface area contributed by atoms with Gasteiger partial charge in [-0.15, -0.1) is 0 Å². The van der Waals surface area contributed by atoms with Crippen LogP contribution in [-0.2, 0) is 6.42 Å². The molecule has 1 aromatic heterocycles. The van der Waals surface area contributed by atoms with E-state index in [4.69, 9.17) is 5.73 Å². The summed E-state index contributed by atoms with van der Waals surface area (Å²) in [6.07, 6.45) is 2.93. The number of anilines is 3. The molecular weight excluding hydrogens is 228 g/mol. The van der Waals surface area contributed by atoms with Crippen molar-refractivity contribution < 1.29 is 4.79 Å². The number of nitrogens with two attached hydrogens (primary N) is 1. The molecule has 0 spiro atoms. The molecule has 1 aromatic carbocycles. The van der Waals surface area contributed by atoms with Crippen LogP contribution in [0.4, 0.5) is 17.3 Å². The largest absolute Gasteiger partial charge is 0.383 e. The highest BCUT2D eigenvalue weighted by Crippen LogP contribution is 2.20. The van der Waals surface area contributed by atoms with Gasteiger partial charge in [-0.3, -0.25) is 4.79 Å². The van der Waals surface area contributed by atoms with E-state index in [-0.39, 0.29) is 11.4 Å². The Labute approximate surface area is 105 Å². The molecule has 0 atom stereocenters. The number of rotatable bonds is 4. The Balaban J connectivity index is 2.33. The summed E-state index contributed by atoms with van der Waals surface area (Å²) in [7, 11) is 0. The van der Waals surface area contributed by atoms with Crippen LogP contribution in [0.3, 0.4) is 0 Å². The molecule has 3 N–H and O–H groups in total. The molecule has 0 aliphatic rings. The molecule has 2 aromatic rings. The van der Waals surface area contributed by atoms with Crippen molar-refractivity contribution in [3.05, 3.63) is 41.7 Å². The molecule has 0 aliphatic heterocycles. The van der Waals surface area contributed by atoms with Gasteiger partial charge < -0.3 is 11.1 Å². The van der Waals surface area contributed by atoms with E-state index >= 15 is 0 Å². The maximum Gasteiger partial charge on any atom is 0.157 e. The van der Waals surface area contributed by atoms with Crippen molar-refractivity contribution in [3.63, 3.8) is 0 Å². The van der Waals surface area contributed by atoms with Gasteiger partial charge in [-0.25, -0.2) is 9.97 Å². The van der Waals surface area contributed by atoms with Crippen molar-refractivity contribution in [1.82, 2.24) is 9.97 Å². The van der Waals surface area contributed by atoms with Crippen LogP contribution in [0.15, 0.2) is 30.6 Å². The number of aldehydes is 1. The van der Waals surface area contributed by atoms with Crippen molar-refractivity contribution in [1.29, 1.82) is 0 Å². The summed E-state index contributed by atoms with van der Waals surface area (Å²) in [5, 5.41) is 3.08. The quantitative estimate of drug-likeness (QED) is 0.803. The van der Waals surface area contributed by atoms with Crippen molar-refractivity contribution in [2.75, 3.05) is 11.1 Å². The zero-order valence-corrected chi connectivity index (χ0v) is 10.1. The smallest absolute Gasteiger partial charge is 0.157 e. The number of nitrogens with one attached hydrogen (secondary N) is 1. The van der Waals surface area contributed by atoms with Gasteiger partial charge in [-0.2, -0.15) is 0 Å². The van der Waals surface area contributed by atoms with Gasteiger partial charge in [-0.05, 0) is 24.1 Å². The van der Waals surface area contributed by atoms with E-state index in [1.807, 2.05) is 24.3 Å². The monoisotopic (exact) mass is 242 g/mol. The Morgan fingerprint density at radius 2 is 2.22 bits per heavy atom. The maximum atomic E-state index is 11.0. The number of hydrogen-bond acceptors (Lipinski definition) is 5. The Morgan fingerprint density at radius 3 is 2.94 bits per heavy atom. The molecular formula is C13H14N4O. The van der Waals surface area contributed by atoms with Gasteiger partial charge in [0.25, 0.3) is 0 Å². The number of nitrogens with zero attached hydrogens (tertiary/aromatic N) is 2. The Morgan fingerprint density at radius 1 is 1.39 bits per heavy atom. The number of aromatic nitrogens is 2.